The van der Waals surface area contributed by atoms with Crippen LogP contribution < -0.4 is 10.5 Å². The molecule has 0 aliphatic rings. The minimum absolute atomic E-state index is 0.00832. The molecule has 0 bridgehead atoms. The third kappa shape index (κ3) is 2.04. The van der Waals surface area contributed by atoms with Gasteiger partial charge in [-0.3, -0.25) is 0 Å². The summed E-state index contributed by atoms with van der Waals surface area (Å²) in [7, 11) is 1.36. The van der Waals surface area contributed by atoms with Crippen LogP contribution in [0.15, 0.2) is 6.07 Å². The summed E-state index contributed by atoms with van der Waals surface area (Å²) in [6.07, 6.45) is -2.71. The van der Waals surface area contributed by atoms with Gasteiger partial charge in [0.2, 0.25) is 0 Å². The number of anilines is 1. The van der Waals surface area contributed by atoms with Crippen molar-refractivity contribution >= 4 is 17.4 Å². The quantitative estimate of drug-likeness (QED) is 0.799. The number of nitrogens with two attached hydrogens (primary N) is 1. The Balaban J connectivity index is 3.31. The van der Waals surface area contributed by atoms with Crippen LogP contribution in [0.4, 0.5) is 14.6 Å². The molecule has 78 valence electrons. The molecule has 0 fully saturated rings. The van der Waals surface area contributed by atoms with Crippen LogP contribution >= 0.6 is 11.6 Å². The average Bonchev–Trinajstić information content (AvgIpc) is 2.16. The summed E-state index contributed by atoms with van der Waals surface area (Å²) in [6, 6.07) is 1.36. The Morgan fingerprint density at radius 2 is 2.29 bits per heavy atom. The lowest BCUT2D eigenvalue weighted by molar-refractivity contribution is 0.144. The summed E-state index contributed by atoms with van der Waals surface area (Å²) in [6.45, 7) is 0. The maximum absolute atomic E-state index is 12.5. The van der Waals surface area contributed by atoms with Crippen molar-refractivity contribution in [2.75, 3.05) is 12.8 Å². The van der Waals surface area contributed by atoms with E-state index >= 15 is 0 Å². The molecule has 0 spiro atoms. The minimum Gasteiger partial charge on any atom is -0.496 e. The van der Waals surface area contributed by atoms with E-state index in [9.17, 15) is 8.78 Å². The lowest BCUT2D eigenvalue weighted by Gasteiger charge is -2.11. The van der Waals surface area contributed by atoms with Gasteiger partial charge < -0.3 is 10.5 Å². The molecule has 1 aromatic rings. The highest BCUT2D eigenvalue weighted by molar-refractivity contribution is 6.17. The van der Waals surface area contributed by atoms with Crippen molar-refractivity contribution in [2.24, 2.45) is 0 Å². The van der Waals surface area contributed by atoms with Gasteiger partial charge in [0.25, 0.3) is 6.43 Å². The SMILES string of the molecule is COc1cc(N)nc(C(F)F)c1CCl. The zero-order chi connectivity index (χ0) is 10.7. The molecule has 0 aliphatic carbocycles. The van der Waals surface area contributed by atoms with Crippen molar-refractivity contribution in [3.05, 3.63) is 17.3 Å². The van der Waals surface area contributed by atoms with E-state index in [2.05, 4.69) is 4.98 Å². The van der Waals surface area contributed by atoms with E-state index < -0.39 is 12.1 Å². The van der Waals surface area contributed by atoms with Crippen molar-refractivity contribution in [2.45, 2.75) is 12.3 Å². The lowest BCUT2D eigenvalue weighted by Crippen LogP contribution is -2.03. The minimum atomic E-state index is -2.71. The Morgan fingerprint density at radius 3 is 2.71 bits per heavy atom. The molecule has 0 amide bonds. The number of ether oxygens (including phenoxy) is 1. The second-order valence-corrected chi connectivity index (χ2v) is 2.81. The third-order valence-electron chi connectivity index (χ3n) is 1.70. The molecule has 0 aliphatic heterocycles. The molecule has 0 saturated carbocycles. The van der Waals surface area contributed by atoms with E-state index in [1.807, 2.05) is 0 Å². The van der Waals surface area contributed by atoms with Gasteiger partial charge in [0.1, 0.15) is 17.3 Å². The summed E-state index contributed by atoms with van der Waals surface area (Å²) < 4.78 is 29.8. The van der Waals surface area contributed by atoms with Crippen LogP contribution in [0.5, 0.6) is 5.75 Å². The van der Waals surface area contributed by atoms with E-state index in [0.717, 1.165) is 0 Å². The Labute approximate surface area is 84.8 Å². The zero-order valence-electron chi connectivity index (χ0n) is 7.43. The van der Waals surface area contributed by atoms with Gasteiger partial charge in [-0.1, -0.05) is 0 Å². The third-order valence-corrected chi connectivity index (χ3v) is 1.96. The Bertz CT molecular complexity index is 333. The maximum atomic E-state index is 12.5. The van der Waals surface area contributed by atoms with Gasteiger partial charge in [0.15, 0.2) is 0 Å². The Kier molecular flexibility index (Phi) is 3.46. The molecule has 1 aromatic heterocycles. The summed E-state index contributed by atoms with van der Waals surface area (Å²) >= 11 is 5.52. The largest absolute Gasteiger partial charge is 0.496 e. The van der Waals surface area contributed by atoms with Gasteiger partial charge in [-0.25, -0.2) is 13.8 Å². The van der Waals surface area contributed by atoms with Crippen molar-refractivity contribution in [1.29, 1.82) is 0 Å². The van der Waals surface area contributed by atoms with Crippen molar-refractivity contribution in [1.82, 2.24) is 4.98 Å². The van der Waals surface area contributed by atoms with Crippen molar-refractivity contribution in [3.63, 3.8) is 0 Å². The maximum Gasteiger partial charge on any atom is 0.280 e. The average molecular weight is 223 g/mol. The van der Waals surface area contributed by atoms with Gasteiger partial charge in [0, 0.05) is 11.6 Å². The molecule has 3 nitrogen and oxygen atoms in total. The number of hydrogen-bond acceptors (Lipinski definition) is 3. The molecule has 2 N–H and O–H groups in total. The molecule has 0 atom stereocenters. The molecule has 1 heterocycles. The van der Waals surface area contributed by atoms with E-state index in [0.29, 0.717) is 0 Å². The molecule has 14 heavy (non-hydrogen) atoms. The van der Waals surface area contributed by atoms with E-state index in [1.165, 1.54) is 13.2 Å². The highest BCUT2D eigenvalue weighted by Crippen LogP contribution is 2.31. The fraction of sp³-hybridized carbons (Fsp3) is 0.375. The first-order chi connectivity index (χ1) is 6.60. The van der Waals surface area contributed by atoms with Crippen LogP contribution in [0.25, 0.3) is 0 Å². The fourth-order valence-corrected chi connectivity index (χ4v) is 1.35. The summed E-state index contributed by atoms with van der Waals surface area (Å²) in [5, 5.41) is 0. The predicted molar refractivity (Wildman–Crippen MR) is 49.7 cm³/mol. The number of nitrogen functional groups attached to an aromatic ring is 1. The van der Waals surface area contributed by atoms with Crippen LogP contribution in [-0.4, -0.2) is 12.1 Å². The first-order valence-electron chi connectivity index (χ1n) is 3.77. The highest BCUT2D eigenvalue weighted by atomic mass is 35.5. The molecular formula is C8H9ClF2N2O. The summed E-state index contributed by atoms with van der Waals surface area (Å²) in [5.74, 6) is 0.143. The van der Waals surface area contributed by atoms with Crippen LogP contribution in [0.3, 0.4) is 0 Å². The summed E-state index contributed by atoms with van der Waals surface area (Å²) in [5.41, 5.74) is 5.09. The number of methoxy groups -OCH3 is 1. The van der Waals surface area contributed by atoms with Gasteiger partial charge in [-0.15, -0.1) is 11.6 Å². The second-order valence-electron chi connectivity index (χ2n) is 2.55. The number of nitrogens with zero attached hydrogens (tertiary/aromatic N) is 1. The zero-order valence-corrected chi connectivity index (χ0v) is 8.18. The molecule has 1 rings (SSSR count). The number of alkyl halides is 3. The molecule has 0 radical (unpaired) electrons. The Morgan fingerprint density at radius 1 is 1.64 bits per heavy atom. The smallest absolute Gasteiger partial charge is 0.280 e. The fourth-order valence-electron chi connectivity index (χ4n) is 1.08. The number of aromatic nitrogens is 1. The lowest BCUT2D eigenvalue weighted by atomic mass is 10.2. The van der Waals surface area contributed by atoms with Crippen LogP contribution in [0, 0.1) is 0 Å². The predicted octanol–water partition coefficient (Wildman–Crippen LogP) is 2.35. The van der Waals surface area contributed by atoms with Crippen LogP contribution in [0.2, 0.25) is 0 Å². The van der Waals surface area contributed by atoms with E-state index in [4.69, 9.17) is 22.1 Å². The van der Waals surface area contributed by atoms with Gasteiger partial charge in [0.05, 0.1) is 13.0 Å². The second kappa shape index (κ2) is 4.41. The summed E-state index contributed by atoms with van der Waals surface area (Å²) in [4.78, 5) is 3.52. The Hall–Kier alpha value is -1.10. The molecule has 0 unspecified atom stereocenters. The molecule has 6 heteroatoms. The first-order valence-corrected chi connectivity index (χ1v) is 4.31. The molecule has 0 aromatic carbocycles. The van der Waals surface area contributed by atoms with E-state index in [-0.39, 0.29) is 23.0 Å². The number of rotatable bonds is 3. The number of hydrogen-bond donors (Lipinski definition) is 1. The molecular weight excluding hydrogens is 214 g/mol. The highest BCUT2D eigenvalue weighted by Gasteiger charge is 2.19. The van der Waals surface area contributed by atoms with E-state index in [1.54, 1.807) is 0 Å². The van der Waals surface area contributed by atoms with Gasteiger partial charge >= 0.3 is 0 Å². The normalized spacial score (nSPS) is 10.6. The first kappa shape index (κ1) is 11.0. The number of halogens is 3. The van der Waals surface area contributed by atoms with Crippen molar-refractivity contribution < 1.29 is 13.5 Å². The monoisotopic (exact) mass is 222 g/mol. The van der Waals surface area contributed by atoms with Gasteiger partial charge in [-0.05, 0) is 0 Å². The molecule has 0 saturated heterocycles. The van der Waals surface area contributed by atoms with Crippen LogP contribution in [0.1, 0.15) is 17.7 Å². The van der Waals surface area contributed by atoms with Gasteiger partial charge in [-0.2, -0.15) is 0 Å². The van der Waals surface area contributed by atoms with Crippen molar-refractivity contribution in [3.8, 4) is 5.75 Å². The number of pyridine rings is 1. The topological polar surface area (TPSA) is 48.1 Å². The standard InChI is InChI=1S/C8H9ClF2N2O/c1-14-5-2-6(12)13-7(8(10)11)4(5)3-9/h2,8H,3H2,1H3,(H2,12,13). The van der Waals surface area contributed by atoms with Crippen LogP contribution in [-0.2, 0) is 5.88 Å².